The topological polar surface area (TPSA) is 108 Å². The molecule has 0 bridgehead atoms. The van der Waals surface area contributed by atoms with Crippen molar-refractivity contribution >= 4 is 23.4 Å². The van der Waals surface area contributed by atoms with Gasteiger partial charge in [0, 0.05) is 61.2 Å². The molecule has 1 unspecified atom stereocenters. The van der Waals surface area contributed by atoms with Crippen molar-refractivity contribution in [1.29, 1.82) is 0 Å². The molecule has 2 aliphatic heterocycles. The number of ether oxygens (including phenoxy) is 1. The summed E-state index contributed by atoms with van der Waals surface area (Å²) in [7, 11) is 0. The van der Waals surface area contributed by atoms with E-state index in [9.17, 15) is 4.79 Å². The normalized spacial score (nSPS) is 17.2. The third kappa shape index (κ3) is 7.30. The molecule has 10 heteroatoms. The number of fused-ring (bicyclic) bond motifs is 1. The number of urea groups is 1. The number of aromatic nitrogens is 4. The Morgan fingerprint density at radius 1 is 1.12 bits per heavy atom. The van der Waals surface area contributed by atoms with Gasteiger partial charge in [-0.3, -0.25) is 0 Å². The van der Waals surface area contributed by atoms with Gasteiger partial charge in [-0.25, -0.2) is 24.7 Å². The number of hydrogen-bond acceptors (Lipinski definition) is 8. The summed E-state index contributed by atoms with van der Waals surface area (Å²) >= 11 is 0. The summed E-state index contributed by atoms with van der Waals surface area (Å²) < 4.78 is 5.73. The van der Waals surface area contributed by atoms with Crippen LogP contribution in [0.15, 0.2) is 36.7 Å². The quantitative estimate of drug-likeness (QED) is 0.391. The van der Waals surface area contributed by atoms with Crippen molar-refractivity contribution in [3.63, 3.8) is 0 Å². The van der Waals surface area contributed by atoms with Crippen LogP contribution >= 0.6 is 0 Å². The van der Waals surface area contributed by atoms with E-state index in [-0.39, 0.29) is 17.5 Å². The molecule has 0 aliphatic carbocycles. The van der Waals surface area contributed by atoms with Crippen LogP contribution in [-0.4, -0.2) is 64.9 Å². The van der Waals surface area contributed by atoms with Gasteiger partial charge >= 0.3 is 6.03 Å². The van der Waals surface area contributed by atoms with E-state index >= 15 is 0 Å². The lowest BCUT2D eigenvalue weighted by Crippen LogP contribution is -2.45. The summed E-state index contributed by atoms with van der Waals surface area (Å²) in [6.45, 7) is 15.1. The Labute approximate surface area is 243 Å². The molecule has 2 aliphatic rings. The van der Waals surface area contributed by atoms with Crippen molar-refractivity contribution in [1.82, 2.24) is 25.3 Å². The number of carbonyl (C=O) groups is 1. The molecule has 1 atom stereocenters. The van der Waals surface area contributed by atoms with E-state index < -0.39 is 0 Å². The highest BCUT2D eigenvalue weighted by molar-refractivity contribution is 5.89. The molecule has 1 fully saturated rings. The maximum absolute atomic E-state index is 12.4. The van der Waals surface area contributed by atoms with Gasteiger partial charge in [-0.2, -0.15) is 0 Å². The first kappa shape index (κ1) is 28.7. The van der Waals surface area contributed by atoms with Crippen molar-refractivity contribution < 1.29 is 9.53 Å². The molecule has 4 heterocycles. The average molecular weight is 559 g/mol. The first-order valence-electron chi connectivity index (χ1n) is 14.6. The molecule has 2 amide bonds. The second kappa shape index (κ2) is 12.4. The SMILES string of the molecule is Cc1cc(N2CCc3nc(-c4ccc(NC(=O)NCCCC(C)(C)C)cc4)nc(N4CCOCC4C)c3C2)ncn1. The molecule has 0 saturated carbocycles. The standard InChI is InChI=1S/C31H42N8O2/c1-21-17-27(34-20-33-21)38-14-11-26-25(18-38)29(39-15-16-41-19-22(39)2)37-28(36-26)23-7-9-24(10-8-23)35-30(40)32-13-6-12-31(3,4)5/h7-10,17,20,22H,6,11-16,18-19H2,1-5H3,(H2,32,35,40). The molecule has 1 aromatic carbocycles. The monoisotopic (exact) mass is 558 g/mol. The Morgan fingerprint density at radius 2 is 1.93 bits per heavy atom. The number of anilines is 3. The molecule has 0 spiro atoms. The number of nitrogens with one attached hydrogen (secondary N) is 2. The van der Waals surface area contributed by atoms with Gasteiger partial charge in [-0.1, -0.05) is 20.8 Å². The van der Waals surface area contributed by atoms with E-state index in [1.54, 1.807) is 6.33 Å². The Kier molecular flexibility index (Phi) is 8.68. The van der Waals surface area contributed by atoms with Crippen molar-refractivity contribution in [2.75, 3.05) is 48.0 Å². The van der Waals surface area contributed by atoms with Gasteiger partial charge in [0.15, 0.2) is 5.82 Å². The number of carbonyl (C=O) groups excluding carboxylic acids is 1. The van der Waals surface area contributed by atoms with Crippen LogP contribution in [0, 0.1) is 12.3 Å². The molecule has 2 aromatic heterocycles. The number of aryl methyl sites for hydroxylation is 1. The molecular weight excluding hydrogens is 516 g/mol. The van der Waals surface area contributed by atoms with Crippen LogP contribution in [0.5, 0.6) is 0 Å². The zero-order valence-corrected chi connectivity index (χ0v) is 24.9. The minimum Gasteiger partial charge on any atom is -0.377 e. The second-order valence-corrected chi connectivity index (χ2v) is 12.2. The smallest absolute Gasteiger partial charge is 0.319 e. The number of benzene rings is 1. The fraction of sp³-hybridized carbons (Fsp3) is 0.516. The fourth-order valence-electron chi connectivity index (χ4n) is 5.31. The van der Waals surface area contributed by atoms with Gasteiger partial charge in [-0.15, -0.1) is 0 Å². The van der Waals surface area contributed by atoms with Crippen molar-refractivity contribution in [2.45, 2.75) is 66.5 Å². The highest BCUT2D eigenvalue weighted by Crippen LogP contribution is 2.33. The van der Waals surface area contributed by atoms with Crippen molar-refractivity contribution in [3.8, 4) is 11.4 Å². The molecule has 41 heavy (non-hydrogen) atoms. The van der Waals surface area contributed by atoms with Crippen LogP contribution in [-0.2, 0) is 17.7 Å². The summed E-state index contributed by atoms with van der Waals surface area (Å²) in [6.07, 6.45) is 4.44. The van der Waals surface area contributed by atoms with E-state index in [2.05, 4.69) is 58.1 Å². The van der Waals surface area contributed by atoms with E-state index in [1.165, 1.54) is 0 Å². The van der Waals surface area contributed by atoms with Gasteiger partial charge in [0.05, 0.1) is 24.9 Å². The average Bonchev–Trinajstić information content (AvgIpc) is 2.95. The lowest BCUT2D eigenvalue weighted by molar-refractivity contribution is 0.0984. The predicted octanol–water partition coefficient (Wildman–Crippen LogP) is 4.98. The summed E-state index contributed by atoms with van der Waals surface area (Å²) in [5.41, 5.74) is 5.08. The van der Waals surface area contributed by atoms with Crippen LogP contribution in [0.25, 0.3) is 11.4 Å². The molecule has 0 radical (unpaired) electrons. The maximum Gasteiger partial charge on any atom is 0.319 e. The first-order valence-corrected chi connectivity index (χ1v) is 14.6. The minimum absolute atomic E-state index is 0.191. The number of hydrogen-bond donors (Lipinski definition) is 2. The summed E-state index contributed by atoms with van der Waals surface area (Å²) in [5, 5.41) is 5.88. The third-order valence-electron chi connectivity index (χ3n) is 7.58. The predicted molar refractivity (Wildman–Crippen MR) is 162 cm³/mol. The largest absolute Gasteiger partial charge is 0.377 e. The Morgan fingerprint density at radius 3 is 2.66 bits per heavy atom. The van der Waals surface area contributed by atoms with Gasteiger partial charge in [0.1, 0.15) is 18.0 Å². The van der Waals surface area contributed by atoms with E-state index in [4.69, 9.17) is 14.7 Å². The molecule has 3 aromatic rings. The molecule has 5 rings (SSSR count). The van der Waals surface area contributed by atoms with Gasteiger partial charge < -0.3 is 25.2 Å². The lowest BCUT2D eigenvalue weighted by atomic mass is 9.91. The van der Waals surface area contributed by atoms with Crippen LogP contribution < -0.4 is 20.4 Å². The van der Waals surface area contributed by atoms with E-state index in [1.807, 2.05) is 37.3 Å². The molecule has 218 valence electrons. The maximum atomic E-state index is 12.4. The lowest BCUT2D eigenvalue weighted by Gasteiger charge is -2.38. The third-order valence-corrected chi connectivity index (χ3v) is 7.58. The number of amides is 2. The zero-order chi connectivity index (χ0) is 29.0. The Bertz CT molecular complexity index is 1360. The number of rotatable bonds is 7. The molecule has 2 N–H and O–H groups in total. The highest BCUT2D eigenvalue weighted by Gasteiger charge is 2.29. The summed E-state index contributed by atoms with van der Waals surface area (Å²) in [5.74, 6) is 2.59. The highest BCUT2D eigenvalue weighted by atomic mass is 16.5. The summed E-state index contributed by atoms with van der Waals surface area (Å²) in [6, 6.07) is 9.81. The van der Waals surface area contributed by atoms with Crippen LogP contribution in [0.4, 0.5) is 22.1 Å². The van der Waals surface area contributed by atoms with Gasteiger partial charge in [0.25, 0.3) is 0 Å². The van der Waals surface area contributed by atoms with Crippen LogP contribution in [0.1, 0.15) is 57.5 Å². The van der Waals surface area contributed by atoms with Crippen molar-refractivity contribution in [3.05, 3.63) is 53.6 Å². The van der Waals surface area contributed by atoms with Gasteiger partial charge in [-0.05, 0) is 56.4 Å². The fourth-order valence-corrected chi connectivity index (χ4v) is 5.31. The molecular formula is C31H42N8O2. The second-order valence-electron chi connectivity index (χ2n) is 12.2. The zero-order valence-electron chi connectivity index (χ0n) is 24.9. The van der Waals surface area contributed by atoms with Crippen molar-refractivity contribution in [2.24, 2.45) is 5.41 Å². The van der Waals surface area contributed by atoms with Crippen LogP contribution in [0.3, 0.4) is 0 Å². The van der Waals surface area contributed by atoms with E-state index in [0.717, 1.165) is 72.2 Å². The number of morpholine rings is 1. The Hall–Kier alpha value is -3.79. The van der Waals surface area contributed by atoms with E-state index in [0.29, 0.717) is 32.1 Å². The first-order chi connectivity index (χ1) is 19.7. The Balaban J connectivity index is 1.35. The summed E-state index contributed by atoms with van der Waals surface area (Å²) in [4.78, 5) is 36.0. The molecule has 1 saturated heterocycles. The minimum atomic E-state index is -0.191. The van der Waals surface area contributed by atoms with Crippen LogP contribution in [0.2, 0.25) is 0 Å². The number of nitrogens with zero attached hydrogens (tertiary/aromatic N) is 6. The van der Waals surface area contributed by atoms with Gasteiger partial charge in [0.2, 0.25) is 0 Å². The molecule has 10 nitrogen and oxygen atoms in total.